The summed E-state index contributed by atoms with van der Waals surface area (Å²) in [6, 6.07) is 14.6. The molecule has 2 heteroatoms. The maximum atomic E-state index is 13.8. The van der Waals surface area contributed by atoms with Crippen LogP contribution in [0.4, 0.5) is 4.39 Å². The van der Waals surface area contributed by atoms with Gasteiger partial charge in [0.25, 0.3) is 0 Å². The van der Waals surface area contributed by atoms with Crippen LogP contribution in [0, 0.1) is 19.7 Å². The maximum Gasteiger partial charge on any atom is 0.129 e. The van der Waals surface area contributed by atoms with E-state index >= 15 is 0 Å². The molecule has 0 aliphatic heterocycles. The summed E-state index contributed by atoms with van der Waals surface area (Å²) in [4.78, 5) is 0.246. The third-order valence-electron chi connectivity index (χ3n) is 4.37. The molecule has 1 fully saturated rings. The van der Waals surface area contributed by atoms with E-state index in [0.717, 1.165) is 11.1 Å². The Morgan fingerprint density at radius 1 is 1.05 bits per heavy atom. The Hall–Kier alpha value is -1.15. The van der Waals surface area contributed by atoms with Gasteiger partial charge in [-0.15, -0.1) is 0 Å². The number of benzene rings is 2. The van der Waals surface area contributed by atoms with Gasteiger partial charge in [0.2, 0.25) is 0 Å². The molecule has 0 nitrogen and oxygen atoms in total. The van der Waals surface area contributed by atoms with Crippen molar-refractivity contribution in [3.8, 4) is 0 Å². The summed E-state index contributed by atoms with van der Waals surface area (Å²) in [5.41, 5.74) is 4.20. The zero-order chi connectivity index (χ0) is 14.3. The lowest BCUT2D eigenvalue weighted by Crippen LogP contribution is -2.14. The van der Waals surface area contributed by atoms with Crippen LogP contribution < -0.4 is 0 Å². The van der Waals surface area contributed by atoms with Crippen LogP contribution in [0.1, 0.15) is 39.9 Å². The molecule has 0 saturated heterocycles. The van der Waals surface area contributed by atoms with Crippen LogP contribution in [-0.4, -0.2) is 0 Å². The Bertz CT molecular complexity index is 606. The van der Waals surface area contributed by atoms with Gasteiger partial charge in [-0.25, -0.2) is 4.39 Å². The lowest BCUT2D eigenvalue weighted by molar-refractivity contribution is 0.605. The highest BCUT2D eigenvalue weighted by molar-refractivity contribution is 9.09. The highest BCUT2D eigenvalue weighted by Gasteiger charge is 2.50. The lowest BCUT2D eigenvalue weighted by Gasteiger charge is -2.24. The average molecular weight is 333 g/mol. The van der Waals surface area contributed by atoms with Crippen LogP contribution in [0.5, 0.6) is 0 Å². The zero-order valence-corrected chi connectivity index (χ0v) is 13.4. The van der Waals surface area contributed by atoms with E-state index in [9.17, 15) is 4.39 Å². The topological polar surface area (TPSA) is 0 Å². The van der Waals surface area contributed by atoms with E-state index in [1.54, 1.807) is 0 Å². The van der Waals surface area contributed by atoms with Crippen molar-refractivity contribution in [3.05, 3.63) is 70.5 Å². The van der Waals surface area contributed by atoms with E-state index < -0.39 is 0 Å². The Labute approximate surface area is 128 Å². The summed E-state index contributed by atoms with van der Waals surface area (Å²) in [7, 11) is 0. The molecule has 1 aliphatic carbocycles. The van der Waals surface area contributed by atoms with Crippen molar-refractivity contribution in [3.63, 3.8) is 0 Å². The third kappa shape index (κ3) is 2.20. The van der Waals surface area contributed by atoms with Crippen LogP contribution >= 0.6 is 15.9 Å². The first-order chi connectivity index (χ1) is 9.54. The Kier molecular flexibility index (Phi) is 3.45. The molecule has 20 heavy (non-hydrogen) atoms. The number of hydrogen-bond donors (Lipinski definition) is 0. The summed E-state index contributed by atoms with van der Waals surface area (Å²) in [5, 5.41) is 0. The van der Waals surface area contributed by atoms with Crippen molar-refractivity contribution < 1.29 is 4.39 Å². The lowest BCUT2D eigenvalue weighted by atomic mass is 9.87. The molecule has 2 aromatic carbocycles. The minimum Gasteiger partial charge on any atom is -0.206 e. The van der Waals surface area contributed by atoms with E-state index in [1.165, 1.54) is 24.0 Å². The summed E-state index contributed by atoms with van der Waals surface area (Å²) in [5.74, 6) is -0.0852. The summed E-state index contributed by atoms with van der Waals surface area (Å²) in [6.07, 6.45) is 2.37. The number of halogens is 2. The van der Waals surface area contributed by atoms with Gasteiger partial charge in [-0.05, 0) is 48.9 Å². The first kappa shape index (κ1) is 13.8. The van der Waals surface area contributed by atoms with Gasteiger partial charge in [0.05, 0.1) is 0 Å². The molecular formula is C18H18BrF. The Morgan fingerprint density at radius 3 is 2.10 bits per heavy atom. The van der Waals surface area contributed by atoms with Crippen molar-refractivity contribution in [1.82, 2.24) is 0 Å². The molecule has 0 spiro atoms. The predicted octanol–water partition coefficient (Wildman–Crippen LogP) is 5.61. The molecule has 0 bridgehead atoms. The van der Waals surface area contributed by atoms with Crippen LogP contribution in [0.2, 0.25) is 0 Å². The minimum absolute atomic E-state index is 0.0852. The molecule has 1 saturated carbocycles. The monoisotopic (exact) mass is 332 g/mol. The van der Waals surface area contributed by atoms with E-state index in [0.29, 0.717) is 0 Å². The van der Waals surface area contributed by atoms with E-state index in [4.69, 9.17) is 0 Å². The summed E-state index contributed by atoms with van der Waals surface area (Å²) < 4.78 is 13.8. The first-order valence-corrected chi connectivity index (χ1v) is 7.92. The molecule has 1 atom stereocenters. The van der Waals surface area contributed by atoms with Crippen molar-refractivity contribution in [2.24, 2.45) is 0 Å². The van der Waals surface area contributed by atoms with Crippen LogP contribution in [0.25, 0.3) is 0 Å². The fraction of sp³-hybridized carbons (Fsp3) is 0.333. The average Bonchev–Trinajstić information content (AvgIpc) is 3.26. The molecule has 0 radical (unpaired) electrons. The molecular weight excluding hydrogens is 315 g/mol. The number of alkyl halides is 1. The highest BCUT2D eigenvalue weighted by Crippen LogP contribution is 2.60. The normalized spacial score (nSPS) is 17.8. The molecule has 3 rings (SSSR count). The second-order valence-electron chi connectivity index (χ2n) is 5.85. The van der Waals surface area contributed by atoms with Crippen LogP contribution in [0.3, 0.4) is 0 Å². The molecule has 0 heterocycles. The number of hydrogen-bond acceptors (Lipinski definition) is 0. The Balaban J connectivity index is 1.99. The Morgan fingerprint density at radius 2 is 1.60 bits per heavy atom. The summed E-state index contributed by atoms with van der Waals surface area (Å²) >= 11 is 3.88. The molecule has 104 valence electrons. The van der Waals surface area contributed by atoms with Crippen LogP contribution in [-0.2, 0) is 5.41 Å². The van der Waals surface area contributed by atoms with Crippen molar-refractivity contribution in [2.45, 2.75) is 36.9 Å². The van der Waals surface area contributed by atoms with Gasteiger partial charge in [-0.2, -0.15) is 0 Å². The van der Waals surface area contributed by atoms with E-state index in [-0.39, 0.29) is 16.1 Å². The highest BCUT2D eigenvalue weighted by atomic mass is 79.9. The maximum absolute atomic E-state index is 13.8. The van der Waals surface area contributed by atoms with Crippen molar-refractivity contribution in [1.29, 1.82) is 0 Å². The fourth-order valence-corrected chi connectivity index (χ4v) is 4.02. The van der Waals surface area contributed by atoms with Crippen molar-refractivity contribution >= 4 is 15.9 Å². The molecule has 0 aromatic heterocycles. The third-order valence-corrected chi connectivity index (χ3v) is 5.78. The second kappa shape index (κ2) is 5.00. The predicted molar refractivity (Wildman–Crippen MR) is 84.9 cm³/mol. The van der Waals surface area contributed by atoms with Gasteiger partial charge in [0.1, 0.15) is 5.82 Å². The molecule has 0 N–H and O–H groups in total. The molecule has 1 unspecified atom stereocenters. The van der Waals surface area contributed by atoms with Gasteiger partial charge >= 0.3 is 0 Å². The largest absolute Gasteiger partial charge is 0.206 e. The number of rotatable bonds is 3. The van der Waals surface area contributed by atoms with E-state index in [1.807, 2.05) is 26.0 Å². The standard InChI is InChI=1S/C18H18BrF/c1-12-10-14(11-13(2)16(12)20)17(19)18(8-9-18)15-6-4-3-5-7-15/h3-7,10-11,17H,8-9H2,1-2H3. The fourth-order valence-electron chi connectivity index (χ4n) is 3.04. The van der Waals surface area contributed by atoms with Crippen molar-refractivity contribution in [2.75, 3.05) is 0 Å². The quantitative estimate of drug-likeness (QED) is 0.641. The molecule has 1 aliphatic rings. The SMILES string of the molecule is Cc1cc(C(Br)C2(c3ccccc3)CC2)cc(C)c1F. The second-order valence-corrected chi connectivity index (χ2v) is 6.77. The van der Waals surface area contributed by atoms with Gasteiger partial charge in [0.15, 0.2) is 0 Å². The van der Waals surface area contributed by atoms with Crippen LogP contribution in [0.15, 0.2) is 42.5 Å². The van der Waals surface area contributed by atoms with Gasteiger partial charge in [-0.3, -0.25) is 0 Å². The zero-order valence-electron chi connectivity index (χ0n) is 11.8. The first-order valence-electron chi connectivity index (χ1n) is 7.01. The molecule has 2 aromatic rings. The van der Waals surface area contributed by atoms with E-state index in [2.05, 4.69) is 46.3 Å². The van der Waals surface area contributed by atoms with Gasteiger partial charge in [0, 0.05) is 10.2 Å². The van der Waals surface area contributed by atoms with Gasteiger partial charge in [-0.1, -0.05) is 58.4 Å². The smallest absolute Gasteiger partial charge is 0.129 e. The molecule has 0 amide bonds. The number of aryl methyl sites for hydroxylation is 2. The summed E-state index contributed by atoms with van der Waals surface area (Å²) in [6.45, 7) is 3.68. The van der Waals surface area contributed by atoms with Gasteiger partial charge < -0.3 is 0 Å². The minimum atomic E-state index is -0.0852.